The third kappa shape index (κ3) is 4.14. The topological polar surface area (TPSA) is 42.7 Å². The van der Waals surface area contributed by atoms with Crippen LogP contribution in [0.4, 0.5) is 0 Å². The predicted octanol–water partition coefficient (Wildman–Crippen LogP) is 2.75. The van der Waals surface area contributed by atoms with Crippen molar-refractivity contribution in [1.29, 1.82) is 0 Å². The first-order valence-corrected chi connectivity index (χ1v) is 7.57. The van der Waals surface area contributed by atoms with E-state index >= 15 is 0 Å². The molecule has 4 nitrogen and oxygen atoms in total. The molecule has 0 radical (unpaired) electrons. The Bertz CT molecular complexity index is 527. The Morgan fingerprint density at radius 1 is 1.37 bits per heavy atom. The van der Waals surface area contributed by atoms with E-state index in [1.54, 1.807) is 11.3 Å². The molecule has 5 heteroatoms. The minimum absolute atomic E-state index is 0.675. The van der Waals surface area contributed by atoms with Crippen LogP contribution in [0.2, 0.25) is 0 Å². The van der Waals surface area contributed by atoms with Crippen LogP contribution in [0.5, 0.6) is 0 Å². The summed E-state index contributed by atoms with van der Waals surface area (Å²) in [5, 5.41) is 11.2. The molecule has 19 heavy (non-hydrogen) atoms. The fourth-order valence-electron chi connectivity index (χ4n) is 1.92. The molecular formula is C14H22N4S. The number of nitrogens with zero attached hydrogens (tertiary/aromatic N) is 3. The molecule has 0 atom stereocenters. The molecule has 2 aromatic heterocycles. The van der Waals surface area contributed by atoms with Gasteiger partial charge < -0.3 is 5.32 Å². The van der Waals surface area contributed by atoms with E-state index in [4.69, 9.17) is 0 Å². The van der Waals surface area contributed by atoms with Crippen molar-refractivity contribution >= 4 is 11.3 Å². The van der Waals surface area contributed by atoms with Gasteiger partial charge in [-0.1, -0.05) is 13.8 Å². The van der Waals surface area contributed by atoms with Gasteiger partial charge in [0.25, 0.3) is 0 Å². The Labute approximate surface area is 118 Å². The fraction of sp³-hybridized carbons (Fsp3) is 0.571. The third-order valence-corrected chi connectivity index (χ3v) is 3.83. The molecule has 0 saturated carbocycles. The van der Waals surface area contributed by atoms with Crippen molar-refractivity contribution in [3.05, 3.63) is 33.5 Å². The number of hydrogen-bond donors (Lipinski definition) is 1. The molecule has 0 saturated heterocycles. The first-order valence-electron chi connectivity index (χ1n) is 6.69. The quantitative estimate of drug-likeness (QED) is 0.883. The van der Waals surface area contributed by atoms with Crippen LogP contribution < -0.4 is 5.32 Å². The number of rotatable bonds is 6. The molecule has 0 unspecified atom stereocenters. The Hall–Kier alpha value is -1.20. The van der Waals surface area contributed by atoms with Crippen molar-refractivity contribution in [3.8, 4) is 0 Å². The SMILES string of the molecule is Cc1csc(Cn2cc(CNCC(C)C)c(C)n2)n1. The van der Waals surface area contributed by atoms with Crippen molar-refractivity contribution in [1.82, 2.24) is 20.1 Å². The summed E-state index contributed by atoms with van der Waals surface area (Å²) in [5.41, 5.74) is 3.46. The largest absolute Gasteiger partial charge is 0.312 e. The smallest absolute Gasteiger partial charge is 0.114 e. The Morgan fingerprint density at radius 2 is 2.16 bits per heavy atom. The lowest BCUT2D eigenvalue weighted by Gasteiger charge is -2.05. The first-order chi connectivity index (χ1) is 9.04. The van der Waals surface area contributed by atoms with E-state index in [9.17, 15) is 0 Å². The van der Waals surface area contributed by atoms with Gasteiger partial charge in [-0.25, -0.2) is 4.98 Å². The highest BCUT2D eigenvalue weighted by atomic mass is 32.1. The van der Waals surface area contributed by atoms with Gasteiger partial charge in [0, 0.05) is 29.4 Å². The Morgan fingerprint density at radius 3 is 2.79 bits per heavy atom. The van der Waals surface area contributed by atoms with Crippen molar-refractivity contribution in [2.45, 2.75) is 40.8 Å². The van der Waals surface area contributed by atoms with E-state index in [-0.39, 0.29) is 0 Å². The first kappa shape index (κ1) is 14.2. The predicted molar refractivity (Wildman–Crippen MR) is 79.5 cm³/mol. The second-order valence-electron chi connectivity index (χ2n) is 5.34. The van der Waals surface area contributed by atoms with Gasteiger partial charge in [-0.05, 0) is 26.3 Å². The number of nitrogens with one attached hydrogen (secondary N) is 1. The zero-order chi connectivity index (χ0) is 13.8. The standard InChI is InChI=1S/C14H22N4S/c1-10(2)5-15-6-13-7-18(17-12(13)4)8-14-16-11(3)9-19-14/h7,9-10,15H,5-6,8H2,1-4H3. The van der Waals surface area contributed by atoms with Gasteiger partial charge in [0.1, 0.15) is 5.01 Å². The van der Waals surface area contributed by atoms with Crippen LogP contribution in [0.25, 0.3) is 0 Å². The Balaban J connectivity index is 1.96. The molecule has 104 valence electrons. The summed E-state index contributed by atoms with van der Waals surface area (Å²) < 4.78 is 1.99. The van der Waals surface area contributed by atoms with E-state index < -0.39 is 0 Å². The lowest BCUT2D eigenvalue weighted by molar-refractivity contribution is 0.551. The summed E-state index contributed by atoms with van der Waals surface area (Å²) in [7, 11) is 0. The molecular weight excluding hydrogens is 256 g/mol. The van der Waals surface area contributed by atoms with Crippen LogP contribution in [-0.4, -0.2) is 21.3 Å². The van der Waals surface area contributed by atoms with Crippen LogP contribution in [0.15, 0.2) is 11.6 Å². The molecule has 0 aliphatic carbocycles. The second-order valence-corrected chi connectivity index (χ2v) is 6.29. The molecule has 0 fully saturated rings. The van der Waals surface area contributed by atoms with Crippen LogP contribution in [0.3, 0.4) is 0 Å². The molecule has 2 heterocycles. The molecule has 0 aliphatic rings. The number of hydrogen-bond acceptors (Lipinski definition) is 4. The van der Waals surface area contributed by atoms with Crippen LogP contribution in [0.1, 0.15) is 35.8 Å². The summed E-state index contributed by atoms with van der Waals surface area (Å²) in [5.74, 6) is 0.675. The van der Waals surface area contributed by atoms with E-state index in [1.807, 2.05) is 11.6 Å². The van der Waals surface area contributed by atoms with E-state index in [0.717, 1.165) is 36.0 Å². The fourth-order valence-corrected chi connectivity index (χ4v) is 2.69. The van der Waals surface area contributed by atoms with Gasteiger partial charge in [-0.3, -0.25) is 4.68 Å². The summed E-state index contributed by atoms with van der Waals surface area (Å²) in [6, 6.07) is 0. The third-order valence-electron chi connectivity index (χ3n) is 2.88. The minimum atomic E-state index is 0.675. The van der Waals surface area contributed by atoms with Gasteiger partial charge in [-0.15, -0.1) is 11.3 Å². The van der Waals surface area contributed by atoms with Crippen LogP contribution in [0, 0.1) is 19.8 Å². The number of aryl methyl sites for hydroxylation is 2. The van der Waals surface area contributed by atoms with Crippen molar-refractivity contribution in [2.24, 2.45) is 5.92 Å². The van der Waals surface area contributed by atoms with Gasteiger partial charge in [0.05, 0.1) is 12.2 Å². The van der Waals surface area contributed by atoms with E-state index in [1.165, 1.54) is 5.56 Å². The van der Waals surface area contributed by atoms with Crippen LogP contribution in [-0.2, 0) is 13.1 Å². The molecule has 1 N–H and O–H groups in total. The monoisotopic (exact) mass is 278 g/mol. The molecule has 0 aliphatic heterocycles. The maximum absolute atomic E-state index is 4.56. The molecule has 0 bridgehead atoms. The highest BCUT2D eigenvalue weighted by molar-refractivity contribution is 7.09. The average molecular weight is 278 g/mol. The number of thiazole rings is 1. The summed E-state index contributed by atoms with van der Waals surface area (Å²) in [6.07, 6.45) is 2.12. The molecule has 0 spiro atoms. The van der Waals surface area contributed by atoms with Crippen LogP contribution >= 0.6 is 11.3 Å². The summed E-state index contributed by atoms with van der Waals surface area (Å²) in [6.45, 7) is 11.2. The highest BCUT2D eigenvalue weighted by Gasteiger charge is 2.07. The summed E-state index contributed by atoms with van der Waals surface area (Å²) in [4.78, 5) is 4.47. The van der Waals surface area contributed by atoms with E-state index in [0.29, 0.717) is 5.92 Å². The van der Waals surface area contributed by atoms with Gasteiger partial charge >= 0.3 is 0 Å². The molecule has 2 aromatic rings. The number of aromatic nitrogens is 3. The van der Waals surface area contributed by atoms with Gasteiger partial charge in [-0.2, -0.15) is 5.10 Å². The minimum Gasteiger partial charge on any atom is -0.312 e. The molecule has 2 rings (SSSR count). The zero-order valence-electron chi connectivity index (χ0n) is 12.1. The maximum Gasteiger partial charge on any atom is 0.114 e. The molecule has 0 aromatic carbocycles. The van der Waals surface area contributed by atoms with Crippen molar-refractivity contribution in [2.75, 3.05) is 6.54 Å². The summed E-state index contributed by atoms with van der Waals surface area (Å²) >= 11 is 1.69. The van der Waals surface area contributed by atoms with Gasteiger partial charge in [0.2, 0.25) is 0 Å². The average Bonchev–Trinajstić information content (AvgIpc) is 2.86. The maximum atomic E-state index is 4.56. The van der Waals surface area contributed by atoms with Gasteiger partial charge in [0.15, 0.2) is 0 Å². The second kappa shape index (κ2) is 6.30. The van der Waals surface area contributed by atoms with Crippen molar-refractivity contribution in [3.63, 3.8) is 0 Å². The van der Waals surface area contributed by atoms with E-state index in [2.05, 4.69) is 47.7 Å². The lowest BCUT2D eigenvalue weighted by atomic mass is 10.2. The van der Waals surface area contributed by atoms with Crippen molar-refractivity contribution < 1.29 is 0 Å². The lowest BCUT2D eigenvalue weighted by Crippen LogP contribution is -2.19. The Kier molecular flexibility index (Phi) is 4.71. The highest BCUT2D eigenvalue weighted by Crippen LogP contribution is 2.12. The molecule has 0 amide bonds. The zero-order valence-corrected chi connectivity index (χ0v) is 12.9. The normalized spacial score (nSPS) is 11.4.